The van der Waals surface area contributed by atoms with Gasteiger partial charge in [0.2, 0.25) is 5.91 Å². The van der Waals surface area contributed by atoms with E-state index in [2.05, 4.69) is 29.8 Å². The predicted molar refractivity (Wildman–Crippen MR) is 124 cm³/mol. The molecule has 4 rings (SSSR count). The van der Waals surface area contributed by atoms with Gasteiger partial charge in [-0.15, -0.1) is 0 Å². The second-order valence-corrected chi connectivity index (χ2v) is 11.7. The number of urea groups is 1. The molecule has 0 spiro atoms. The molecule has 10 heteroatoms. The number of nitrogens with zero attached hydrogens (tertiary/aromatic N) is 1. The van der Waals surface area contributed by atoms with Crippen LogP contribution < -0.4 is 16.0 Å². The van der Waals surface area contributed by atoms with Gasteiger partial charge in [0, 0.05) is 43.7 Å². The van der Waals surface area contributed by atoms with Crippen LogP contribution in [-0.4, -0.2) is 66.9 Å². The third-order valence-electron chi connectivity index (χ3n) is 9.14. The minimum absolute atomic E-state index is 0.0858. The van der Waals surface area contributed by atoms with Crippen LogP contribution in [-0.2, 0) is 4.79 Å². The second-order valence-electron chi connectivity index (χ2n) is 11.7. The van der Waals surface area contributed by atoms with Crippen LogP contribution in [0.25, 0.3) is 0 Å². The average molecular weight is 505 g/mol. The monoisotopic (exact) mass is 504 g/mol. The molecule has 2 aliphatic carbocycles. The molecule has 10 unspecified atom stereocenters. The van der Waals surface area contributed by atoms with E-state index in [0.29, 0.717) is 24.3 Å². The number of nitrogens with one attached hydrogen (secondary N) is 3. The van der Waals surface area contributed by atoms with Crippen LogP contribution in [0.5, 0.6) is 0 Å². The van der Waals surface area contributed by atoms with Gasteiger partial charge in [-0.3, -0.25) is 4.79 Å². The highest BCUT2D eigenvalue weighted by atomic mass is 19.4. The van der Waals surface area contributed by atoms with Gasteiger partial charge in [0.1, 0.15) is 6.17 Å². The van der Waals surface area contributed by atoms with Crippen molar-refractivity contribution in [1.29, 1.82) is 0 Å². The Hall–Kier alpha value is -1.58. The number of hydrogen-bond acceptors (Lipinski definition) is 3. The molecule has 200 valence electrons. The number of amides is 3. The number of fused-ring (bicyclic) bond motifs is 1. The van der Waals surface area contributed by atoms with E-state index in [0.717, 1.165) is 32.2 Å². The average Bonchev–Trinajstić information content (AvgIpc) is 2.77. The molecule has 0 aromatic carbocycles. The van der Waals surface area contributed by atoms with Crippen LogP contribution in [0.2, 0.25) is 0 Å². The molecule has 2 aliphatic heterocycles. The van der Waals surface area contributed by atoms with Crippen LogP contribution in [0.4, 0.5) is 22.4 Å². The number of rotatable bonds is 3. The van der Waals surface area contributed by atoms with Crippen molar-refractivity contribution in [1.82, 2.24) is 20.9 Å². The van der Waals surface area contributed by atoms with E-state index < -0.39 is 36.8 Å². The molecule has 0 bridgehead atoms. The Morgan fingerprint density at radius 1 is 1.00 bits per heavy atom. The van der Waals surface area contributed by atoms with Gasteiger partial charge in [-0.1, -0.05) is 6.92 Å². The number of piperidine rings is 2. The van der Waals surface area contributed by atoms with E-state index in [1.807, 2.05) is 11.9 Å². The first-order valence-electron chi connectivity index (χ1n) is 13.2. The van der Waals surface area contributed by atoms with E-state index in [1.54, 1.807) is 0 Å². The van der Waals surface area contributed by atoms with Crippen molar-refractivity contribution in [3.05, 3.63) is 0 Å². The molecular formula is C25H40F4N4O2. The molecule has 3 amide bonds. The summed E-state index contributed by atoms with van der Waals surface area (Å²) in [6, 6.07) is -0.869. The van der Waals surface area contributed by atoms with E-state index in [4.69, 9.17) is 0 Å². The van der Waals surface area contributed by atoms with E-state index in [-0.39, 0.29) is 42.7 Å². The lowest BCUT2D eigenvalue weighted by molar-refractivity contribution is -0.188. The van der Waals surface area contributed by atoms with Crippen molar-refractivity contribution in [2.45, 2.75) is 102 Å². The lowest BCUT2D eigenvalue weighted by Gasteiger charge is -2.50. The van der Waals surface area contributed by atoms with Crippen LogP contribution in [0.1, 0.15) is 65.2 Å². The Labute approximate surface area is 205 Å². The summed E-state index contributed by atoms with van der Waals surface area (Å²) in [6.45, 7) is 5.22. The number of likely N-dealkylation sites (tertiary alicyclic amines) is 1. The fraction of sp³-hybridized carbons (Fsp3) is 0.920. The highest BCUT2D eigenvalue weighted by Crippen LogP contribution is 2.43. The van der Waals surface area contributed by atoms with Crippen LogP contribution >= 0.6 is 0 Å². The smallest absolute Gasteiger partial charge is 0.342 e. The van der Waals surface area contributed by atoms with Crippen molar-refractivity contribution >= 4 is 11.9 Å². The van der Waals surface area contributed by atoms with Gasteiger partial charge in [0.15, 0.2) is 0 Å². The summed E-state index contributed by atoms with van der Waals surface area (Å²) >= 11 is 0. The lowest BCUT2D eigenvalue weighted by atomic mass is 9.65. The number of carbonyl (C=O) groups is 2. The minimum atomic E-state index is -4.46. The molecule has 4 fully saturated rings. The normalized spacial score (nSPS) is 42.8. The highest BCUT2D eigenvalue weighted by molar-refractivity contribution is 5.80. The fourth-order valence-corrected chi connectivity index (χ4v) is 7.15. The second kappa shape index (κ2) is 10.4. The quantitative estimate of drug-likeness (QED) is 0.509. The zero-order valence-corrected chi connectivity index (χ0v) is 20.9. The van der Waals surface area contributed by atoms with Gasteiger partial charge in [0.05, 0.1) is 5.92 Å². The lowest BCUT2D eigenvalue weighted by Crippen LogP contribution is -2.60. The molecule has 0 radical (unpaired) electrons. The number of hydrogen-bond donors (Lipinski definition) is 3. The highest BCUT2D eigenvalue weighted by Gasteiger charge is 2.48. The number of carbonyl (C=O) groups excluding carboxylic acids is 2. The first-order valence-corrected chi connectivity index (χ1v) is 13.2. The van der Waals surface area contributed by atoms with E-state index in [9.17, 15) is 27.2 Å². The summed E-state index contributed by atoms with van der Waals surface area (Å²) in [6.07, 6.45) is -2.85. The van der Waals surface area contributed by atoms with Crippen LogP contribution in [0, 0.1) is 29.6 Å². The SMILES string of the molecule is CC1CC2C(CN1)CC(C1CC(NC(=O)NC3CC(F)CC(C(F)(F)F)C3)CCC1C)C(=O)N2C. The molecule has 2 saturated carbocycles. The standard InChI is InChI=1S/C25H40F4N4O2/c1-13-4-5-18(31-24(35)32-19-9-16(25(27,28)29)8-17(26)10-19)11-20(13)21-7-15-12-30-14(2)6-22(15)33(3)23(21)34/h13-22,30H,4-12H2,1-3H3,(H2,31,32,35). The van der Waals surface area contributed by atoms with Gasteiger partial charge in [0.25, 0.3) is 0 Å². The Balaban J connectivity index is 1.34. The molecule has 3 N–H and O–H groups in total. The molecule has 35 heavy (non-hydrogen) atoms. The van der Waals surface area contributed by atoms with Gasteiger partial charge in [-0.05, 0) is 76.0 Å². The summed E-state index contributed by atoms with van der Waals surface area (Å²) in [4.78, 5) is 27.9. The summed E-state index contributed by atoms with van der Waals surface area (Å²) in [5.74, 6) is -0.711. The largest absolute Gasteiger partial charge is 0.392 e. The maximum Gasteiger partial charge on any atom is 0.392 e. The molecule has 2 heterocycles. The van der Waals surface area contributed by atoms with Gasteiger partial charge in [-0.25, -0.2) is 9.18 Å². The molecule has 10 atom stereocenters. The van der Waals surface area contributed by atoms with Crippen molar-refractivity contribution in [3.63, 3.8) is 0 Å². The van der Waals surface area contributed by atoms with Crippen molar-refractivity contribution in [3.8, 4) is 0 Å². The van der Waals surface area contributed by atoms with Crippen LogP contribution in [0.15, 0.2) is 0 Å². The predicted octanol–water partition coefficient (Wildman–Crippen LogP) is 4.00. The molecule has 6 nitrogen and oxygen atoms in total. The van der Waals surface area contributed by atoms with E-state index >= 15 is 0 Å². The molecular weight excluding hydrogens is 464 g/mol. The third-order valence-corrected chi connectivity index (χ3v) is 9.14. The Morgan fingerprint density at radius 2 is 1.71 bits per heavy atom. The first kappa shape index (κ1) is 26.5. The maximum atomic E-state index is 13.9. The van der Waals surface area contributed by atoms with Gasteiger partial charge >= 0.3 is 12.2 Å². The number of halogens is 4. The zero-order valence-electron chi connectivity index (χ0n) is 20.9. The van der Waals surface area contributed by atoms with E-state index in [1.165, 1.54) is 0 Å². The number of alkyl halides is 4. The molecule has 4 aliphatic rings. The summed E-state index contributed by atoms with van der Waals surface area (Å²) < 4.78 is 53.2. The molecule has 0 aromatic heterocycles. The summed E-state index contributed by atoms with van der Waals surface area (Å²) in [5.41, 5.74) is 0. The topological polar surface area (TPSA) is 73.5 Å². The van der Waals surface area contributed by atoms with Crippen molar-refractivity contribution in [2.24, 2.45) is 29.6 Å². The molecule has 2 saturated heterocycles. The zero-order chi connectivity index (χ0) is 25.5. The summed E-state index contributed by atoms with van der Waals surface area (Å²) in [7, 11) is 1.91. The summed E-state index contributed by atoms with van der Waals surface area (Å²) in [5, 5.41) is 9.05. The minimum Gasteiger partial charge on any atom is -0.342 e. The van der Waals surface area contributed by atoms with Gasteiger partial charge in [-0.2, -0.15) is 13.2 Å². The van der Waals surface area contributed by atoms with Crippen molar-refractivity contribution < 1.29 is 27.2 Å². The molecule has 0 aromatic rings. The van der Waals surface area contributed by atoms with Crippen LogP contribution in [0.3, 0.4) is 0 Å². The Bertz CT molecular complexity index is 781. The fourth-order valence-electron chi connectivity index (χ4n) is 7.15. The Morgan fingerprint density at radius 3 is 2.43 bits per heavy atom. The van der Waals surface area contributed by atoms with Crippen molar-refractivity contribution in [2.75, 3.05) is 13.6 Å². The maximum absolute atomic E-state index is 13.9. The third kappa shape index (κ3) is 6.05. The Kier molecular flexibility index (Phi) is 7.88. The van der Waals surface area contributed by atoms with Gasteiger partial charge < -0.3 is 20.9 Å². The first-order chi connectivity index (χ1) is 16.4.